The molecule has 4 heteroatoms. The number of aryl methyl sites for hydroxylation is 2. The second-order valence-corrected chi connectivity index (χ2v) is 4.33. The van der Waals surface area contributed by atoms with E-state index in [2.05, 4.69) is 5.32 Å². The van der Waals surface area contributed by atoms with Crippen LogP contribution in [0.2, 0.25) is 0 Å². The molecule has 0 saturated carbocycles. The summed E-state index contributed by atoms with van der Waals surface area (Å²) in [5, 5.41) is 3.21. The van der Waals surface area contributed by atoms with Gasteiger partial charge >= 0.3 is 6.09 Å². The molecule has 1 aliphatic rings. The molecule has 1 fully saturated rings. The van der Waals surface area contributed by atoms with Crippen LogP contribution in [0.15, 0.2) is 18.2 Å². The Kier molecular flexibility index (Phi) is 3.64. The molecular weight excluding hydrogens is 216 g/mol. The van der Waals surface area contributed by atoms with Crippen LogP contribution in [0.4, 0.5) is 4.79 Å². The predicted octanol–water partition coefficient (Wildman–Crippen LogP) is 1.71. The predicted molar refractivity (Wildman–Crippen MR) is 66.4 cm³/mol. The van der Waals surface area contributed by atoms with E-state index in [-0.39, 0.29) is 6.09 Å². The summed E-state index contributed by atoms with van der Waals surface area (Å²) in [4.78, 5) is 13.7. The van der Waals surface area contributed by atoms with Crippen molar-refractivity contribution < 1.29 is 9.53 Å². The average molecular weight is 234 g/mol. The zero-order valence-corrected chi connectivity index (χ0v) is 10.3. The summed E-state index contributed by atoms with van der Waals surface area (Å²) in [5.41, 5.74) is 1.99. The summed E-state index contributed by atoms with van der Waals surface area (Å²) in [6.45, 7) is 7.00. The van der Waals surface area contributed by atoms with E-state index in [1.807, 2.05) is 32.0 Å². The first kappa shape index (κ1) is 11.9. The molecule has 4 nitrogen and oxygen atoms in total. The highest BCUT2D eigenvalue weighted by atomic mass is 16.6. The number of para-hydroxylation sites is 1. The van der Waals surface area contributed by atoms with Crippen LogP contribution in [0.1, 0.15) is 11.1 Å². The van der Waals surface area contributed by atoms with Gasteiger partial charge < -0.3 is 15.0 Å². The van der Waals surface area contributed by atoms with E-state index in [4.69, 9.17) is 4.74 Å². The van der Waals surface area contributed by atoms with Crippen molar-refractivity contribution in [2.75, 3.05) is 26.2 Å². The number of amides is 1. The molecule has 17 heavy (non-hydrogen) atoms. The van der Waals surface area contributed by atoms with Gasteiger partial charge in [-0.1, -0.05) is 18.2 Å². The standard InChI is InChI=1S/C13H18N2O2/c1-10-4-3-5-11(2)12(10)17-13(16)15-8-6-14-7-9-15/h3-5,14H,6-9H2,1-2H3. The summed E-state index contributed by atoms with van der Waals surface area (Å²) in [6.07, 6.45) is -0.246. The lowest BCUT2D eigenvalue weighted by Crippen LogP contribution is -2.47. The van der Waals surface area contributed by atoms with Gasteiger partial charge in [0.25, 0.3) is 0 Å². The largest absolute Gasteiger partial charge is 0.415 e. The van der Waals surface area contributed by atoms with Crippen LogP contribution in [0.25, 0.3) is 0 Å². The third-order valence-corrected chi connectivity index (χ3v) is 2.97. The second kappa shape index (κ2) is 5.19. The molecule has 1 saturated heterocycles. The maximum atomic E-state index is 11.9. The van der Waals surface area contributed by atoms with Gasteiger partial charge in [0.1, 0.15) is 5.75 Å². The van der Waals surface area contributed by atoms with E-state index >= 15 is 0 Å². The van der Waals surface area contributed by atoms with Gasteiger partial charge in [-0.25, -0.2) is 4.79 Å². The number of rotatable bonds is 1. The number of piperazine rings is 1. The van der Waals surface area contributed by atoms with Crippen molar-refractivity contribution in [2.24, 2.45) is 0 Å². The number of carbonyl (C=O) groups excluding carboxylic acids is 1. The maximum Gasteiger partial charge on any atom is 0.415 e. The Morgan fingerprint density at radius 2 is 1.82 bits per heavy atom. The monoisotopic (exact) mass is 234 g/mol. The molecule has 1 aliphatic heterocycles. The first-order valence-corrected chi connectivity index (χ1v) is 5.92. The normalized spacial score (nSPS) is 15.8. The molecule has 2 rings (SSSR count). The van der Waals surface area contributed by atoms with Crippen LogP contribution in [-0.2, 0) is 0 Å². The topological polar surface area (TPSA) is 41.6 Å². The number of ether oxygens (including phenoxy) is 1. The highest BCUT2D eigenvalue weighted by molar-refractivity contribution is 5.71. The van der Waals surface area contributed by atoms with E-state index in [9.17, 15) is 4.79 Å². The lowest BCUT2D eigenvalue weighted by molar-refractivity contribution is 0.145. The lowest BCUT2D eigenvalue weighted by atomic mass is 10.1. The minimum Gasteiger partial charge on any atom is -0.410 e. The molecule has 0 unspecified atom stereocenters. The van der Waals surface area contributed by atoms with Gasteiger partial charge in [-0.15, -0.1) is 0 Å². The quantitative estimate of drug-likeness (QED) is 0.804. The van der Waals surface area contributed by atoms with Crippen molar-refractivity contribution >= 4 is 6.09 Å². The maximum absolute atomic E-state index is 11.9. The van der Waals surface area contributed by atoms with Crippen molar-refractivity contribution in [3.8, 4) is 5.75 Å². The molecule has 0 bridgehead atoms. The van der Waals surface area contributed by atoms with E-state index in [1.54, 1.807) is 4.90 Å². The van der Waals surface area contributed by atoms with E-state index in [0.717, 1.165) is 24.2 Å². The Labute approximate surface area is 102 Å². The van der Waals surface area contributed by atoms with Gasteiger partial charge in [-0.05, 0) is 25.0 Å². The fourth-order valence-electron chi connectivity index (χ4n) is 1.96. The molecule has 1 N–H and O–H groups in total. The average Bonchev–Trinajstić information content (AvgIpc) is 2.35. The van der Waals surface area contributed by atoms with Gasteiger partial charge in [0.15, 0.2) is 0 Å². The SMILES string of the molecule is Cc1cccc(C)c1OC(=O)N1CCNCC1. The molecule has 0 aliphatic carbocycles. The Hall–Kier alpha value is -1.55. The summed E-state index contributed by atoms with van der Waals surface area (Å²) in [6, 6.07) is 5.87. The van der Waals surface area contributed by atoms with E-state index < -0.39 is 0 Å². The van der Waals surface area contributed by atoms with E-state index in [1.165, 1.54) is 0 Å². The van der Waals surface area contributed by atoms with Gasteiger partial charge in [0.05, 0.1) is 0 Å². The van der Waals surface area contributed by atoms with Crippen molar-refractivity contribution in [1.82, 2.24) is 10.2 Å². The summed E-state index contributed by atoms with van der Waals surface area (Å²) >= 11 is 0. The van der Waals surface area contributed by atoms with Crippen molar-refractivity contribution in [2.45, 2.75) is 13.8 Å². The van der Waals surface area contributed by atoms with E-state index in [0.29, 0.717) is 18.8 Å². The van der Waals surface area contributed by atoms with Crippen LogP contribution in [0, 0.1) is 13.8 Å². The van der Waals surface area contributed by atoms with Crippen LogP contribution in [0.5, 0.6) is 5.75 Å². The number of nitrogens with zero attached hydrogens (tertiary/aromatic N) is 1. The minimum absolute atomic E-state index is 0.246. The first-order chi connectivity index (χ1) is 8.18. The molecule has 1 heterocycles. The summed E-state index contributed by atoms with van der Waals surface area (Å²) < 4.78 is 5.47. The lowest BCUT2D eigenvalue weighted by Gasteiger charge is -2.27. The Bertz CT molecular complexity index is 392. The highest BCUT2D eigenvalue weighted by Crippen LogP contribution is 2.23. The highest BCUT2D eigenvalue weighted by Gasteiger charge is 2.19. The molecule has 1 aromatic carbocycles. The van der Waals surface area contributed by atoms with Crippen molar-refractivity contribution in [3.05, 3.63) is 29.3 Å². The zero-order chi connectivity index (χ0) is 12.3. The Morgan fingerprint density at radius 1 is 1.24 bits per heavy atom. The summed E-state index contributed by atoms with van der Waals surface area (Å²) in [5.74, 6) is 0.691. The Balaban J connectivity index is 2.07. The van der Waals surface area contributed by atoms with Crippen LogP contribution >= 0.6 is 0 Å². The number of nitrogens with one attached hydrogen (secondary N) is 1. The Morgan fingerprint density at radius 3 is 2.41 bits per heavy atom. The molecular formula is C13H18N2O2. The van der Waals surface area contributed by atoms with Gasteiger partial charge in [-0.2, -0.15) is 0 Å². The van der Waals surface area contributed by atoms with Gasteiger partial charge in [0, 0.05) is 26.2 Å². The van der Waals surface area contributed by atoms with Crippen LogP contribution < -0.4 is 10.1 Å². The third-order valence-electron chi connectivity index (χ3n) is 2.97. The molecule has 92 valence electrons. The van der Waals surface area contributed by atoms with Crippen LogP contribution in [0.3, 0.4) is 0 Å². The molecule has 1 amide bonds. The molecule has 0 atom stereocenters. The number of hydrogen-bond acceptors (Lipinski definition) is 3. The van der Waals surface area contributed by atoms with Gasteiger partial charge in [-0.3, -0.25) is 0 Å². The fraction of sp³-hybridized carbons (Fsp3) is 0.462. The second-order valence-electron chi connectivity index (χ2n) is 4.33. The van der Waals surface area contributed by atoms with Gasteiger partial charge in [0.2, 0.25) is 0 Å². The summed E-state index contributed by atoms with van der Waals surface area (Å²) in [7, 11) is 0. The smallest absolute Gasteiger partial charge is 0.410 e. The van der Waals surface area contributed by atoms with Crippen molar-refractivity contribution in [3.63, 3.8) is 0 Å². The third kappa shape index (κ3) is 2.77. The number of benzene rings is 1. The number of hydrogen-bond donors (Lipinski definition) is 1. The fourth-order valence-corrected chi connectivity index (χ4v) is 1.96. The van der Waals surface area contributed by atoms with Crippen molar-refractivity contribution in [1.29, 1.82) is 0 Å². The minimum atomic E-state index is -0.246. The molecule has 1 aromatic rings. The molecule has 0 aromatic heterocycles. The molecule has 0 radical (unpaired) electrons. The van der Waals surface area contributed by atoms with Crippen LogP contribution in [-0.4, -0.2) is 37.2 Å². The molecule has 0 spiro atoms. The first-order valence-electron chi connectivity index (χ1n) is 5.92. The zero-order valence-electron chi connectivity index (χ0n) is 10.3. The number of carbonyl (C=O) groups is 1.